The number of nitrogen functional groups attached to an aromatic ring is 1. The zero-order valence-electron chi connectivity index (χ0n) is 14.3. The Hall–Kier alpha value is -2.83. The van der Waals surface area contributed by atoms with Gasteiger partial charge < -0.3 is 10.3 Å². The maximum absolute atomic E-state index is 14.6. The number of rotatable bonds is 5. The number of aryl methyl sites for hydroxylation is 2. The lowest BCUT2D eigenvalue weighted by Gasteiger charge is -2.09. The third kappa shape index (κ3) is 3.50. The van der Waals surface area contributed by atoms with Gasteiger partial charge in [-0.15, -0.1) is 0 Å². The molecule has 0 saturated carbocycles. The standard InChI is InChI=1S/C18H20FN5O/c1-3-4-5-7-24-8-6-12-9-14(15(19)10-13(12)17(24)25)16-21-11(2)22-18(20)23-16/h6,8-10H,3-5,7H2,1-2H3,(H2,20,21,22,23). The highest BCUT2D eigenvalue weighted by atomic mass is 19.1. The number of nitrogens with zero attached hydrogens (tertiary/aromatic N) is 4. The third-order valence-corrected chi connectivity index (χ3v) is 4.07. The molecule has 0 aliphatic rings. The van der Waals surface area contributed by atoms with Crippen molar-refractivity contribution >= 4 is 16.7 Å². The molecule has 6 nitrogen and oxygen atoms in total. The molecule has 0 bridgehead atoms. The second-order valence-corrected chi connectivity index (χ2v) is 6.01. The molecule has 2 heterocycles. The van der Waals surface area contributed by atoms with Crippen LogP contribution in [0.5, 0.6) is 0 Å². The average Bonchev–Trinajstić information content (AvgIpc) is 2.56. The van der Waals surface area contributed by atoms with Crippen LogP contribution < -0.4 is 11.3 Å². The zero-order valence-corrected chi connectivity index (χ0v) is 14.3. The minimum atomic E-state index is -0.555. The van der Waals surface area contributed by atoms with Crippen molar-refractivity contribution < 1.29 is 4.39 Å². The number of pyridine rings is 1. The minimum Gasteiger partial charge on any atom is -0.368 e. The molecule has 0 atom stereocenters. The Morgan fingerprint density at radius 1 is 1.20 bits per heavy atom. The van der Waals surface area contributed by atoms with Crippen molar-refractivity contribution in [1.29, 1.82) is 0 Å². The Morgan fingerprint density at radius 2 is 2.00 bits per heavy atom. The number of benzene rings is 1. The van der Waals surface area contributed by atoms with E-state index in [1.807, 2.05) is 6.07 Å². The van der Waals surface area contributed by atoms with Crippen molar-refractivity contribution in [2.24, 2.45) is 0 Å². The van der Waals surface area contributed by atoms with Crippen LogP contribution in [0.4, 0.5) is 10.3 Å². The van der Waals surface area contributed by atoms with Gasteiger partial charge in [-0.05, 0) is 36.9 Å². The molecule has 3 aromatic rings. The van der Waals surface area contributed by atoms with Crippen LogP contribution in [-0.2, 0) is 6.54 Å². The molecule has 2 aromatic heterocycles. The summed E-state index contributed by atoms with van der Waals surface area (Å²) >= 11 is 0. The van der Waals surface area contributed by atoms with Crippen LogP contribution in [-0.4, -0.2) is 19.5 Å². The molecule has 1 aromatic carbocycles. The normalized spacial score (nSPS) is 11.2. The van der Waals surface area contributed by atoms with Crippen LogP contribution in [0.1, 0.15) is 32.0 Å². The summed E-state index contributed by atoms with van der Waals surface area (Å²) in [6.07, 6.45) is 4.80. The summed E-state index contributed by atoms with van der Waals surface area (Å²) < 4.78 is 16.2. The predicted octanol–water partition coefficient (Wildman–Crippen LogP) is 3.07. The first kappa shape index (κ1) is 17.0. The fourth-order valence-corrected chi connectivity index (χ4v) is 2.81. The summed E-state index contributed by atoms with van der Waals surface area (Å²) in [4.78, 5) is 24.6. The van der Waals surface area contributed by atoms with Gasteiger partial charge in [-0.25, -0.2) is 9.37 Å². The maximum Gasteiger partial charge on any atom is 0.258 e. The number of unbranched alkanes of at least 4 members (excludes halogenated alkanes) is 2. The molecule has 3 rings (SSSR count). The highest BCUT2D eigenvalue weighted by molar-refractivity contribution is 5.86. The summed E-state index contributed by atoms with van der Waals surface area (Å²) in [5.74, 6) is 0.0547. The molecule has 2 N–H and O–H groups in total. The SMILES string of the molecule is CCCCCn1ccc2cc(-c3nc(C)nc(N)n3)c(F)cc2c1=O. The molecule has 25 heavy (non-hydrogen) atoms. The largest absolute Gasteiger partial charge is 0.368 e. The van der Waals surface area contributed by atoms with Crippen molar-refractivity contribution in [2.75, 3.05) is 5.73 Å². The van der Waals surface area contributed by atoms with Gasteiger partial charge in [-0.1, -0.05) is 19.8 Å². The summed E-state index contributed by atoms with van der Waals surface area (Å²) in [7, 11) is 0. The van der Waals surface area contributed by atoms with Crippen molar-refractivity contribution in [3.63, 3.8) is 0 Å². The molecule has 0 amide bonds. The quantitative estimate of drug-likeness (QED) is 0.721. The van der Waals surface area contributed by atoms with E-state index in [4.69, 9.17) is 5.73 Å². The molecule has 7 heteroatoms. The number of hydrogen-bond donors (Lipinski definition) is 1. The lowest BCUT2D eigenvalue weighted by molar-refractivity contribution is 0.590. The number of fused-ring (bicyclic) bond motifs is 1. The van der Waals surface area contributed by atoms with Gasteiger partial charge in [-0.2, -0.15) is 9.97 Å². The first-order valence-corrected chi connectivity index (χ1v) is 8.31. The van der Waals surface area contributed by atoms with Gasteiger partial charge in [0, 0.05) is 12.7 Å². The fourth-order valence-electron chi connectivity index (χ4n) is 2.81. The molecule has 0 saturated heterocycles. The average molecular weight is 341 g/mol. The van der Waals surface area contributed by atoms with Gasteiger partial charge in [0.15, 0.2) is 5.82 Å². The van der Waals surface area contributed by atoms with Crippen LogP contribution in [0.3, 0.4) is 0 Å². The molecular weight excluding hydrogens is 321 g/mol. The maximum atomic E-state index is 14.6. The van der Waals surface area contributed by atoms with E-state index in [9.17, 15) is 9.18 Å². The van der Waals surface area contributed by atoms with Crippen LogP contribution >= 0.6 is 0 Å². The Labute approximate surface area is 144 Å². The summed E-state index contributed by atoms with van der Waals surface area (Å²) in [6.45, 7) is 4.40. The third-order valence-electron chi connectivity index (χ3n) is 4.07. The first-order valence-electron chi connectivity index (χ1n) is 8.31. The van der Waals surface area contributed by atoms with E-state index in [0.29, 0.717) is 23.1 Å². The van der Waals surface area contributed by atoms with E-state index in [1.165, 1.54) is 6.07 Å². The van der Waals surface area contributed by atoms with Gasteiger partial charge in [0.05, 0.1) is 10.9 Å². The van der Waals surface area contributed by atoms with E-state index in [2.05, 4.69) is 21.9 Å². The van der Waals surface area contributed by atoms with Crippen LogP contribution in [0.25, 0.3) is 22.2 Å². The zero-order chi connectivity index (χ0) is 18.0. The Bertz CT molecular complexity index is 963. The van der Waals surface area contributed by atoms with Gasteiger partial charge >= 0.3 is 0 Å². The number of hydrogen-bond acceptors (Lipinski definition) is 5. The second-order valence-electron chi connectivity index (χ2n) is 6.01. The lowest BCUT2D eigenvalue weighted by Crippen LogP contribution is -2.19. The summed E-state index contributed by atoms with van der Waals surface area (Å²) in [5.41, 5.74) is 5.64. The van der Waals surface area contributed by atoms with Crippen LogP contribution in [0, 0.1) is 12.7 Å². The number of halogens is 1. The number of aromatic nitrogens is 4. The van der Waals surface area contributed by atoms with E-state index in [0.717, 1.165) is 19.3 Å². The van der Waals surface area contributed by atoms with Crippen molar-refractivity contribution in [3.8, 4) is 11.4 Å². The highest BCUT2D eigenvalue weighted by Gasteiger charge is 2.14. The van der Waals surface area contributed by atoms with Gasteiger partial charge in [-0.3, -0.25) is 4.79 Å². The number of nitrogens with two attached hydrogens (primary N) is 1. The molecule has 0 aliphatic heterocycles. The van der Waals surface area contributed by atoms with E-state index >= 15 is 0 Å². The van der Waals surface area contributed by atoms with Gasteiger partial charge in [0.2, 0.25) is 5.95 Å². The lowest BCUT2D eigenvalue weighted by atomic mass is 10.1. The topological polar surface area (TPSA) is 86.7 Å². The van der Waals surface area contributed by atoms with Crippen LogP contribution in [0.2, 0.25) is 0 Å². The highest BCUT2D eigenvalue weighted by Crippen LogP contribution is 2.24. The Morgan fingerprint density at radius 3 is 2.72 bits per heavy atom. The van der Waals surface area contributed by atoms with E-state index in [1.54, 1.807) is 23.8 Å². The predicted molar refractivity (Wildman–Crippen MR) is 95.7 cm³/mol. The molecule has 0 radical (unpaired) electrons. The minimum absolute atomic E-state index is 0.0355. The van der Waals surface area contributed by atoms with E-state index < -0.39 is 5.82 Å². The fraction of sp³-hybridized carbons (Fsp3) is 0.333. The molecule has 0 spiro atoms. The van der Waals surface area contributed by atoms with Gasteiger partial charge in [0.1, 0.15) is 11.6 Å². The molecular formula is C18H20FN5O. The number of anilines is 1. The molecule has 0 unspecified atom stereocenters. The monoisotopic (exact) mass is 341 g/mol. The molecule has 0 fully saturated rings. The smallest absolute Gasteiger partial charge is 0.258 e. The summed E-state index contributed by atoms with van der Waals surface area (Å²) in [6, 6.07) is 4.64. The van der Waals surface area contributed by atoms with Crippen LogP contribution in [0.15, 0.2) is 29.2 Å². The Kier molecular flexibility index (Phi) is 4.74. The van der Waals surface area contributed by atoms with Crippen molar-refractivity contribution in [2.45, 2.75) is 39.7 Å². The summed E-state index contributed by atoms with van der Waals surface area (Å²) in [5, 5.41) is 0.990. The van der Waals surface area contributed by atoms with E-state index in [-0.39, 0.29) is 22.9 Å². The Balaban J connectivity index is 2.08. The second kappa shape index (κ2) is 6.96. The molecule has 0 aliphatic carbocycles. The van der Waals surface area contributed by atoms with Crippen molar-refractivity contribution in [3.05, 3.63) is 46.4 Å². The van der Waals surface area contributed by atoms with Gasteiger partial charge in [0.25, 0.3) is 5.56 Å². The molecule has 130 valence electrons. The first-order chi connectivity index (χ1) is 12.0. The van der Waals surface area contributed by atoms with Crippen molar-refractivity contribution in [1.82, 2.24) is 19.5 Å².